The Kier molecular flexibility index (Phi) is 4.85. The number of rotatable bonds is 6. The highest BCUT2D eigenvalue weighted by atomic mass is 19.1. The smallest absolute Gasteiger partial charge is 0.268 e. The standard InChI is InChI=1S/C22H19FN2O3/c1-27-18-7-5-15(6-8-18)13-24-22(26)20-12-21-19(9-10-28-21)25(20)14-16-3-2-4-17(23)11-16/h2-12H,13-14H2,1H3,(H,24,26). The molecule has 4 rings (SSSR count). The second-order valence-electron chi connectivity index (χ2n) is 6.45. The minimum absolute atomic E-state index is 0.223. The van der Waals surface area contributed by atoms with Crippen molar-refractivity contribution in [1.29, 1.82) is 0 Å². The lowest BCUT2D eigenvalue weighted by Crippen LogP contribution is -2.25. The van der Waals surface area contributed by atoms with Crippen molar-refractivity contribution in [2.24, 2.45) is 0 Å². The fourth-order valence-electron chi connectivity index (χ4n) is 3.17. The number of amides is 1. The summed E-state index contributed by atoms with van der Waals surface area (Å²) in [4.78, 5) is 12.8. The number of benzene rings is 2. The summed E-state index contributed by atoms with van der Waals surface area (Å²) in [5.74, 6) is 0.233. The number of nitrogens with one attached hydrogen (secondary N) is 1. The summed E-state index contributed by atoms with van der Waals surface area (Å²) in [6.07, 6.45) is 1.58. The average molecular weight is 378 g/mol. The van der Waals surface area contributed by atoms with Crippen LogP contribution in [0.5, 0.6) is 5.75 Å². The summed E-state index contributed by atoms with van der Waals surface area (Å²) < 4.78 is 26.0. The highest BCUT2D eigenvalue weighted by molar-refractivity contribution is 5.97. The number of hydrogen-bond donors (Lipinski definition) is 1. The number of carbonyl (C=O) groups is 1. The van der Waals surface area contributed by atoms with Crippen molar-refractivity contribution in [1.82, 2.24) is 9.88 Å². The molecule has 2 aromatic heterocycles. The molecular weight excluding hydrogens is 359 g/mol. The molecule has 0 aliphatic rings. The molecule has 0 aliphatic heterocycles. The normalized spacial score (nSPS) is 10.9. The molecule has 0 radical (unpaired) electrons. The molecule has 4 aromatic rings. The first kappa shape index (κ1) is 17.9. The number of carbonyl (C=O) groups excluding carboxylic acids is 1. The van der Waals surface area contributed by atoms with Gasteiger partial charge in [0.2, 0.25) is 0 Å². The largest absolute Gasteiger partial charge is 0.497 e. The van der Waals surface area contributed by atoms with E-state index in [1.54, 1.807) is 31.6 Å². The van der Waals surface area contributed by atoms with Crippen molar-refractivity contribution < 1.29 is 18.3 Å². The van der Waals surface area contributed by atoms with Crippen LogP contribution < -0.4 is 10.1 Å². The fourth-order valence-corrected chi connectivity index (χ4v) is 3.17. The van der Waals surface area contributed by atoms with E-state index in [9.17, 15) is 9.18 Å². The maximum Gasteiger partial charge on any atom is 0.268 e. The quantitative estimate of drug-likeness (QED) is 0.542. The molecule has 5 nitrogen and oxygen atoms in total. The highest BCUT2D eigenvalue weighted by Crippen LogP contribution is 2.23. The lowest BCUT2D eigenvalue weighted by molar-refractivity contribution is 0.0942. The van der Waals surface area contributed by atoms with Gasteiger partial charge in [0.05, 0.1) is 18.9 Å². The van der Waals surface area contributed by atoms with Crippen LogP contribution in [0.15, 0.2) is 71.3 Å². The van der Waals surface area contributed by atoms with Crippen molar-refractivity contribution in [3.8, 4) is 5.75 Å². The number of furan rings is 1. The number of fused-ring (bicyclic) bond motifs is 1. The number of ether oxygens (including phenoxy) is 1. The topological polar surface area (TPSA) is 56.4 Å². The van der Waals surface area contributed by atoms with Gasteiger partial charge >= 0.3 is 0 Å². The van der Waals surface area contributed by atoms with Crippen LogP contribution in [-0.2, 0) is 13.1 Å². The number of methoxy groups -OCH3 is 1. The Hall–Kier alpha value is -3.54. The van der Waals surface area contributed by atoms with E-state index in [1.165, 1.54) is 12.1 Å². The Morgan fingerprint density at radius 1 is 1.11 bits per heavy atom. The Balaban J connectivity index is 1.56. The Morgan fingerprint density at radius 2 is 1.93 bits per heavy atom. The van der Waals surface area contributed by atoms with Gasteiger partial charge in [0.1, 0.15) is 17.3 Å². The first-order valence-electron chi connectivity index (χ1n) is 8.86. The molecule has 0 aliphatic carbocycles. The van der Waals surface area contributed by atoms with E-state index in [2.05, 4.69) is 5.32 Å². The maximum atomic E-state index is 13.6. The first-order valence-corrected chi connectivity index (χ1v) is 8.86. The van der Waals surface area contributed by atoms with Crippen LogP contribution in [0.3, 0.4) is 0 Å². The van der Waals surface area contributed by atoms with E-state index in [4.69, 9.17) is 9.15 Å². The zero-order valence-electron chi connectivity index (χ0n) is 15.3. The molecule has 28 heavy (non-hydrogen) atoms. The number of halogens is 1. The highest BCUT2D eigenvalue weighted by Gasteiger charge is 2.17. The van der Waals surface area contributed by atoms with Crippen LogP contribution in [0.1, 0.15) is 21.6 Å². The molecule has 0 bridgehead atoms. The van der Waals surface area contributed by atoms with Gasteiger partial charge in [0.25, 0.3) is 5.91 Å². The van der Waals surface area contributed by atoms with E-state index in [-0.39, 0.29) is 11.7 Å². The summed E-state index contributed by atoms with van der Waals surface area (Å²) >= 11 is 0. The fraction of sp³-hybridized carbons (Fsp3) is 0.136. The third kappa shape index (κ3) is 3.62. The second kappa shape index (κ2) is 7.60. The van der Waals surface area contributed by atoms with Crippen LogP contribution in [0.2, 0.25) is 0 Å². The van der Waals surface area contributed by atoms with Crippen molar-refractivity contribution >= 4 is 17.0 Å². The Morgan fingerprint density at radius 3 is 2.68 bits per heavy atom. The molecule has 0 saturated heterocycles. The molecule has 1 amide bonds. The zero-order valence-corrected chi connectivity index (χ0v) is 15.3. The average Bonchev–Trinajstić information content (AvgIpc) is 3.29. The van der Waals surface area contributed by atoms with Gasteiger partial charge < -0.3 is 19.0 Å². The third-order valence-electron chi connectivity index (χ3n) is 4.60. The lowest BCUT2D eigenvalue weighted by Gasteiger charge is -2.11. The molecular formula is C22H19FN2O3. The molecule has 0 unspecified atom stereocenters. The van der Waals surface area contributed by atoms with Crippen LogP contribution >= 0.6 is 0 Å². The zero-order chi connectivity index (χ0) is 19.5. The molecule has 0 spiro atoms. The van der Waals surface area contributed by atoms with E-state index in [1.807, 2.05) is 34.9 Å². The van der Waals surface area contributed by atoms with Crippen molar-refractivity contribution in [3.05, 3.63) is 89.6 Å². The molecule has 0 atom stereocenters. The summed E-state index contributed by atoms with van der Waals surface area (Å²) in [5, 5.41) is 2.92. The van der Waals surface area contributed by atoms with Gasteiger partial charge in [0, 0.05) is 25.2 Å². The lowest BCUT2D eigenvalue weighted by atomic mass is 10.2. The van der Waals surface area contributed by atoms with Gasteiger partial charge in [-0.25, -0.2) is 4.39 Å². The van der Waals surface area contributed by atoms with Crippen molar-refractivity contribution in [3.63, 3.8) is 0 Å². The second-order valence-corrected chi connectivity index (χ2v) is 6.45. The van der Waals surface area contributed by atoms with Gasteiger partial charge in [0.15, 0.2) is 5.58 Å². The molecule has 142 valence electrons. The van der Waals surface area contributed by atoms with Crippen LogP contribution in [0.4, 0.5) is 4.39 Å². The van der Waals surface area contributed by atoms with Crippen LogP contribution in [0, 0.1) is 5.82 Å². The minimum atomic E-state index is -0.307. The molecule has 6 heteroatoms. The van der Waals surface area contributed by atoms with Gasteiger partial charge in [-0.1, -0.05) is 24.3 Å². The van der Waals surface area contributed by atoms with Gasteiger partial charge in [-0.05, 0) is 35.4 Å². The van der Waals surface area contributed by atoms with Gasteiger partial charge in [-0.3, -0.25) is 4.79 Å². The Bertz CT molecular complexity index is 1110. The van der Waals surface area contributed by atoms with Crippen molar-refractivity contribution in [2.45, 2.75) is 13.1 Å². The van der Waals surface area contributed by atoms with Crippen molar-refractivity contribution in [2.75, 3.05) is 7.11 Å². The number of hydrogen-bond acceptors (Lipinski definition) is 3. The molecule has 0 fully saturated rings. The molecule has 1 N–H and O–H groups in total. The maximum absolute atomic E-state index is 13.6. The molecule has 2 aromatic carbocycles. The predicted octanol–water partition coefficient (Wildman–Crippen LogP) is 4.36. The SMILES string of the molecule is COc1ccc(CNC(=O)c2cc3occc3n2Cc2cccc(F)c2)cc1. The Labute approximate surface area is 161 Å². The van der Waals surface area contributed by atoms with E-state index in [0.717, 1.165) is 22.4 Å². The number of aromatic nitrogens is 1. The molecule has 0 saturated carbocycles. The summed E-state index contributed by atoms with van der Waals surface area (Å²) in [5.41, 5.74) is 3.60. The van der Waals surface area contributed by atoms with E-state index in [0.29, 0.717) is 24.4 Å². The summed E-state index contributed by atoms with van der Waals surface area (Å²) in [6.45, 7) is 0.751. The van der Waals surface area contributed by atoms with E-state index >= 15 is 0 Å². The van der Waals surface area contributed by atoms with Gasteiger partial charge in [-0.15, -0.1) is 0 Å². The van der Waals surface area contributed by atoms with Gasteiger partial charge in [-0.2, -0.15) is 0 Å². The predicted molar refractivity (Wildman–Crippen MR) is 104 cm³/mol. The van der Waals surface area contributed by atoms with Crippen LogP contribution in [-0.4, -0.2) is 17.6 Å². The summed E-state index contributed by atoms with van der Waals surface area (Å²) in [7, 11) is 1.61. The third-order valence-corrected chi connectivity index (χ3v) is 4.60. The number of nitrogens with zero attached hydrogens (tertiary/aromatic N) is 1. The minimum Gasteiger partial charge on any atom is -0.497 e. The van der Waals surface area contributed by atoms with Crippen LogP contribution in [0.25, 0.3) is 11.1 Å². The first-order chi connectivity index (χ1) is 13.6. The monoisotopic (exact) mass is 378 g/mol. The molecule has 2 heterocycles. The summed E-state index contributed by atoms with van der Waals surface area (Å²) in [6, 6.07) is 17.3. The van der Waals surface area contributed by atoms with E-state index < -0.39 is 0 Å².